The lowest BCUT2D eigenvalue weighted by Gasteiger charge is -2.16. The molecule has 3 N–H and O–H groups in total. The van der Waals surface area contributed by atoms with Gasteiger partial charge in [-0.25, -0.2) is 9.18 Å². The number of aromatic amines is 1. The third-order valence-electron chi connectivity index (χ3n) is 4.57. The quantitative estimate of drug-likeness (QED) is 0.795. The molecule has 2 aliphatic rings. The molecule has 2 aliphatic carbocycles. The summed E-state index contributed by atoms with van der Waals surface area (Å²) in [7, 11) is 0. The molecule has 1 aromatic heterocycles. The van der Waals surface area contributed by atoms with E-state index in [0.717, 1.165) is 42.1 Å². The van der Waals surface area contributed by atoms with Gasteiger partial charge in [-0.2, -0.15) is 0 Å². The number of nitrogens with one attached hydrogen (secondary N) is 3. The number of amides is 2. The number of hydrogen-bond acceptors (Lipinski definition) is 1. The minimum absolute atomic E-state index is 0.0348. The van der Waals surface area contributed by atoms with Gasteiger partial charge in [0.2, 0.25) is 0 Å². The molecule has 2 saturated carbocycles. The summed E-state index contributed by atoms with van der Waals surface area (Å²) in [6.45, 7) is 0.606. The van der Waals surface area contributed by atoms with Gasteiger partial charge in [0.15, 0.2) is 0 Å². The second-order valence-electron chi connectivity index (χ2n) is 6.27. The van der Waals surface area contributed by atoms with Gasteiger partial charge in [-0.1, -0.05) is 0 Å². The number of hydrogen-bond donors (Lipinski definition) is 3. The molecule has 4 rings (SSSR count). The Morgan fingerprint density at radius 3 is 2.90 bits per heavy atom. The van der Waals surface area contributed by atoms with E-state index >= 15 is 0 Å². The summed E-state index contributed by atoms with van der Waals surface area (Å²) in [4.78, 5) is 15.0. The van der Waals surface area contributed by atoms with E-state index in [1.165, 1.54) is 6.07 Å². The number of aromatic nitrogens is 1. The van der Waals surface area contributed by atoms with Gasteiger partial charge in [-0.05, 0) is 49.4 Å². The van der Waals surface area contributed by atoms with Crippen LogP contribution in [0.2, 0.25) is 0 Å². The summed E-state index contributed by atoms with van der Waals surface area (Å²) in [5.74, 6) is -0.224. The highest BCUT2D eigenvalue weighted by Crippen LogP contribution is 2.50. The molecule has 0 aliphatic heterocycles. The average Bonchev–Trinajstić information content (AvgIpc) is 3.38. The molecule has 2 amide bonds. The minimum atomic E-state index is -0.224. The van der Waals surface area contributed by atoms with E-state index < -0.39 is 0 Å². The SMILES string of the molecule is O=C(NCC1(c2c[nH]c3ccc(F)cc23)CC1)NC1CC1. The Kier molecular flexibility index (Phi) is 2.71. The zero-order valence-electron chi connectivity index (χ0n) is 11.7. The number of carbonyl (C=O) groups excluding carboxylic acids is 1. The molecule has 1 aromatic carbocycles. The van der Waals surface area contributed by atoms with Crippen LogP contribution in [-0.2, 0) is 5.41 Å². The standard InChI is InChI=1S/C16H18FN3O/c17-10-1-4-14-12(7-10)13(8-18-14)16(5-6-16)9-19-15(21)20-11-2-3-11/h1,4,7-8,11,18H,2-3,5-6,9H2,(H2,19,20,21). The first-order valence-corrected chi connectivity index (χ1v) is 7.48. The normalized spacial score (nSPS) is 19.5. The lowest BCUT2D eigenvalue weighted by molar-refractivity contribution is 0.239. The highest BCUT2D eigenvalue weighted by Gasteiger charge is 2.46. The van der Waals surface area contributed by atoms with E-state index in [0.29, 0.717) is 12.6 Å². The summed E-state index contributed by atoms with van der Waals surface area (Å²) in [6, 6.07) is 5.07. The fourth-order valence-corrected chi connectivity index (χ4v) is 2.94. The van der Waals surface area contributed by atoms with E-state index in [2.05, 4.69) is 15.6 Å². The Hall–Kier alpha value is -2.04. The predicted octanol–water partition coefficient (Wildman–Crippen LogP) is 2.80. The van der Waals surface area contributed by atoms with Crippen molar-refractivity contribution in [3.8, 4) is 0 Å². The van der Waals surface area contributed by atoms with Crippen molar-refractivity contribution >= 4 is 16.9 Å². The topological polar surface area (TPSA) is 56.9 Å². The van der Waals surface area contributed by atoms with Crippen LogP contribution in [0.15, 0.2) is 24.4 Å². The molecule has 0 atom stereocenters. The lowest BCUT2D eigenvalue weighted by atomic mass is 9.95. The lowest BCUT2D eigenvalue weighted by Crippen LogP contribution is -2.40. The van der Waals surface area contributed by atoms with Crippen LogP contribution in [0.5, 0.6) is 0 Å². The van der Waals surface area contributed by atoms with Crippen LogP contribution in [-0.4, -0.2) is 23.6 Å². The molecule has 0 unspecified atom stereocenters. The van der Waals surface area contributed by atoms with Gasteiger partial charge in [0, 0.05) is 35.1 Å². The maximum atomic E-state index is 13.5. The van der Waals surface area contributed by atoms with E-state index in [4.69, 9.17) is 0 Å². The van der Waals surface area contributed by atoms with Crippen LogP contribution in [0, 0.1) is 5.82 Å². The molecule has 5 heteroatoms. The number of fused-ring (bicyclic) bond motifs is 1. The van der Waals surface area contributed by atoms with E-state index in [1.807, 2.05) is 6.20 Å². The first-order chi connectivity index (χ1) is 10.2. The van der Waals surface area contributed by atoms with Crippen molar-refractivity contribution in [3.63, 3.8) is 0 Å². The molecular weight excluding hydrogens is 269 g/mol. The number of carbonyl (C=O) groups is 1. The Morgan fingerprint density at radius 2 is 2.19 bits per heavy atom. The van der Waals surface area contributed by atoms with E-state index in [9.17, 15) is 9.18 Å². The number of rotatable bonds is 4. The van der Waals surface area contributed by atoms with Crippen molar-refractivity contribution < 1.29 is 9.18 Å². The first-order valence-electron chi connectivity index (χ1n) is 7.48. The Balaban J connectivity index is 1.53. The summed E-state index contributed by atoms with van der Waals surface area (Å²) in [6.07, 6.45) is 6.18. The van der Waals surface area contributed by atoms with Gasteiger partial charge in [0.1, 0.15) is 5.82 Å². The molecule has 1 heterocycles. The summed E-state index contributed by atoms with van der Waals surface area (Å²) in [5, 5.41) is 6.82. The van der Waals surface area contributed by atoms with Crippen molar-refractivity contribution in [2.75, 3.05) is 6.54 Å². The third-order valence-corrected chi connectivity index (χ3v) is 4.57. The second-order valence-corrected chi connectivity index (χ2v) is 6.27. The maximum Gasteiger partial charge on any atom is 0.315 e. The fraction of sp³-hybridized carbons (Fsp3) is 0.438. The van der Waals surface area contributed by atoms with Gasteiger partial charge < -0.3 is 15.6 Å². The van der Waals surface area contributed by atoms with Gasteiger partial charge in [0.25, 0.3) is 0 Å². The van der Waals surface area contributed by atoms with Crippen molar-refractivity contribution in [3.05, 3.63) is 35.8 Å². The van der Waals surface area contributed by atoms with Crippen LogP contribution in [0.4, 0.5) is 9.18 Å². The Bertz CT molecular complexity index is 701. The Labute approximate surface area is 122 Å². The second kappa shape index (κ2) is 4.48. The summed E-state index contributed by atoms with van der Waals surface area (Å²) < 4.78 is 13.5. The molecule has 0 radical (unpaired) electrons. The highest BCUT2D eigenvalue weighted by atomic mass is 19.1. The van der Waals surface area contributed by atoms with Crippen molar-refractivity contribution in [2.45, 2.75) is 37.1 Å². The molecule has 2 aromatic rings. The minimum Gasteiger partial charge on any atom is -0.361 e. The third kappa shape index (κ3) is 2.37. The van der Waals surface area contributed by atoms with Gasteiger partial charge in [0.05, 0.1) is 0 Å². The smallest absolute Gasteiger partial charge is 0.315 e. The summed E-state index contributed by atoms with van der Waals surface area (Å²) >= 11 is 0. The van der Waals surface area contributed by atoms with Gasteiger partial charge >= 0.3 is 6.03 Å². The molecule has 0 bridgehead atoms. The van der Waals surface area contributed by atoms with E-state index in [1.54, 1.807) is 12.1 Å². The molecule has 2 fully saturated rings. The van der Waals surface area contributed by atoms with Crippen LogP contribution >= 0.6 is 0 Å². The van der Waals surface area contributed by atoms with Crippen molar-refractivity contribution in [2.24, 2.45) is 0 Å². The van der Waals surface area contributed by atoms with Gasteiger partial charge in [-0.3, -0.25) is 0 Å². The van der Waals surface area contributed by atoms with Crippen LogP contribution in [0.25, 0.3) is 10.9 Å². The monoisotopic (exact) mass is 287 g/mol. The number of urea groups is 1. The maximum absolute atomic E-state index is 13.5. The van der Waals surface area contributed by atoms with Crippen LogP contribution in [0.3, 0.4) is 0 Å². The Morgan fingerprint density at radius 1 is 1.38 bits per heavy atom. The molecular formula is C16H18FN3O. The fourth-order valence-electron chi connectivity index (χ4n) is 2.94. The number of benzene rings is 1. The number of halogens is 1. The zero-order chi connectivity index (χ0) is 14.4. The zero-order valence-corrected chi connectivity index (χ0v) is 11.7. The molecule has 21 heavy (non-hydrogen) atoms. The van der Waals surface area contributed by atoms with Crippen LogP contribution in [0.1, 0.15) is 31.2 Å². The van der Waals surface area contributed by atoms with Crippen molar-refractivity contribution in [1.29, 1.82) is 0 Å². The molecule has 4 nitrogen and oxygen atoms in total. The summed E-state index contributed by atoms with van der Waals surface area (Å²) in [5.41, 5.74) is 2.02. The number of H-pyrrole nitrogens is 1. The molecule has 110 valence electrons. The van der Waals surface area contributed by atoms with Gasteiger partial charge in [-0.15, -0.1) is 0 Å². The molecule has 0 spiro atoms. The van der Waals surface area contributed by atoms with Crippen LogP contribution < -0.4 is 10.6 Å². The van der Waals surface area contributed by atoms with Crippen molar-refractivity contribution in [1.82, 2.24) is 15.6 Å². The van der Waals surface area contributed by atoms with E-state index in [-0.39, 0.29) is 17.3 Å². The highest BCUT2D eigenvalue weighted by molar-refractivity contribution is 5.85. The molecule has 0 saturated heterocycles. The first kappa shape index (κ1) is 12.7. The average molecular weight is 287 g/mol. The predicted molar refractivity (Wildman–Crippen MR) is 78.7 cm³/mol. The largest absolute Gasteiger partial charge is 0.361 e.